The Morgan fingerprint density at radius 1 is 0.315 bits per heavy atom. The number of hydrogen-bond acceptors (Lipinski definition) is 4. The SMILES string of the molecule is c1ccc(-c2c3ccccc3c(-c3cccc(-c4nc(-c5ccccc5-c5cccnc5)cc(-c5cncc6ccccc56)n4)c3)c3ccccc23)cc1. The van der Waals surface area contributed by atoms with Crippen molar-refractivity contribution in [2.75, 3.05) is 0 Å². The van der Waals surface area contributed by atoms with Gasteiger partial charge >= 0.3 is 0 Å². The molecule has 0 atom stereocenters. The quantitative estimate of drug-likeness (QED) is 0.163. The summed E-state index contributed by atoms with van der Waals surface area (Å²) in [6.45, 7) is 0. The number of pyridine rings is 2. The van der Waals surface area contributed by atoms with Crippen molar-refractivity contribution < 1.29 is 0 Å². The van der Waals surface area contributed by atoms with E-state index in [1.54, 1.807) is 6.20 Å². The molecular formula is C50H32N4. The second-order valence-electron chi connectivity index (χ2n) is 13.4. The fourth-order valence-corrected chi connectivity index (χ4v) is 7.82. The van der Waals surface area contributed by atoms with E-state index in [1.807, 2.05) is 30.7 Å². The molecule has 0 aliphatic heterocycles. The van der Waals surface area contributed by atoms with Gasteiger partial charge in [-0.05, 0) is 72.9 Å². The van der Waals surface area contributed by atoms with Crippen molar-refractivity contribution in [2.24, 2.45) is 0 Å². The summed E-state index contributed by atoms with van der Waals surface area (Å²) in [5, 5.41) is 7.00. The van der Waals surface area contributed by atoms with Gasteiger partial charge in [0.15, 0.2) is 5.82 Å². The van der Waals surface area contributed by atoms with Crippen molar-refractivity contribution in [3.63, 3.8) is 0 Å². The number of rotatable bonds is 6. The van der Waals surface area contributed by atoms with Gasteiger partial charge < -0.3 is 0 Å². The molecule has 0 aliphatic carbocycles. The van der Waals surface area contributed by atoms with Gasteiger partial charge in [0.05, 0.1) is 11.4 Å². The topological polar surface area (TPSA) is 51.6 Å². The molecule has 54 heavy (non-hydrogen) atoms. The molecule has 0 saturated heterocycles. The predicted octanol–water partition coefficient (Wildman–Crippen LogP) is 12.7. The standard InChI is InChI=1S/C50H32N4/c1-2-14-33(15-3-1)48-41-23-8-10-25-43(41)49(44-26-11-9-24-42(44)48)34-17-12-18-35(28-34)50-53-46(40-22-7-6-20-38(40)37-19-13-27-51-30-37)29-47(54-50)45-32-52-31-36-16-4-5-21-39(36)45/h1-32H. The summed E-state index contributed by atoms with van der Waals surface area (Å²) in [5.74, 6) is 0.646. The van der Waals surface area contributed by atoms with E-state index in [-0.39, 0.29) is 0 Å². The summed E-state index contributed by atoms with van der Waals surface area (Å²) in [5.41, 5.74) is 11.4. The molecule has 7 aromatic carbocycles. The second kappa shape index (κ2) is 13.4. The van der Waals surface area contributed by atoms with Crippen LogP contribution in [0.1, 0.15) is 0 Å². The molecule has 3 heterocycles. The first-order valence-corrected chi connectivity index (χ1v) is 18.1. The van der Waals surface area contributed by atoms with E-state index in [4.69, 9.17) is 9.97 Å². The van der Waals surface area contributed by atoms with Crippen LogP contribution in [-0.2, 0) is 0 Å². The van der Waals surface area contributed by atoms with Gasteiger partial charge in [0.25, 0.3) is 0 Å². The third-order valence-corrected chi connectivity index (χ3v) is 10.2. The molecule has 0 amide bonds. The Balaban J connectivity index is 1.21. The normalized spacial score (nSPS) is 11.3. The maximum Gasteiger partial charge on any atom is 0.160 e. The minimum atomic E-state index is 0.646. The van der Waals surface area contributed by atoms with E-state index in [2.05, 4.69) is 168 Å². The van der Waals surface area contributed by atoms with Crippen molar-refractivity contribution in [2.45, 2.75) is 0 Å². The molecule has 0 N–H and O–H groups in total. The lowest BCUT2D eigenvalue weighted by Crippen LogP contribution is -1.98. The smallest absolute Gasteiger partial charge is 0.160 e. The summed E-state index contributed by atoms with van der Waals surface area (Å²) in [6.07, 6.45) is 7.52. The monoisotopic (exact) mass is 688 g/mol. The fraction of sp³-hybridized carbons (Fsp3) is 0. The van der Waals surface area contributed by atoms with E-state index in [0.717, 1.165) is 55.5 Å². The molecule has 0 radical (unpaired) electrons. The highest BCUT2D eigenvalue weighted by Gasteiger charge is 2.19. The molecule has 10 rings (SSSR count). The lowest BCUT2D eigenvalue weighted by Gasteiger charge is -2.18. The van der Waals surface area contributed by atoms with Crippen LogP contribution in [0.4, 0.5) is 0 Å². The zero-order valence-corrected chi connectivity index (χ0v) is 29.3. The van der Waals surface area contributed by atoms with E-state index in [0.29, 0.717) is 5.82 Å². The number of benzene rings is 7. The maximum atomic E-state index is 5.33. The van der Waals surface area contributed by atoms with Crippen molar-refractivity contribution >= 4 is 32.3 Å². The minimum Gasteiger partial charge on any atom is -0.264 e. The Morgan fingerprint density at radius 3 is 1.57 bits per heavy atom. The first kappa shape index (κ1) is 31.4. The van der Waals surface area contributed by atoms with Gasteiger partial charge in [0.2, 0.25) is 0 Å². The highest BCUT2D eigenvalue weighted by Crippen LogP contribution is 2.44. The molecule has 0 unspecified atom stereocenters. The third-order valence-electron chi connectivity index (χ3n) is 10.2. The van der Waals surface area contributed by atoms with Crippen molar-refractivity contribution in [3.8, 4) is 67.3 Å². The van der Waals surface area contributed by atoms with Gasteiger partial charge in [-0.2, -0.15) is 0 Å². The summed E-state index contributed by atoms with van der Waals surface area (Å²) < 4.78 is 0. The van der Waals surface area contributed by atoms with Crippen LogP contribution in [-0.4, -0.2) is 19.9 Å². The number of nitrogens with zero attached hydrogens (tertiary/aromatic N) is 4. The Kier molecular flexibility index (Phi) is 7.77. The molecule has 0 fully saturated rings. The maximum absolute atomic E-state index is 5.33. The minimum absolute atomic E-state index is 0.646. The highest BCUT2D eigenvalue weighted by atomic mass is 14.9. The van der Waals surface area contributed by atoms with Gasteiger partial charge in [0, 0.05) is 52.4 Å². The zero-order chi connectivity index (χ0) is 35.8. The van der Waals surface area contributed by atoms with Crippen LogP contribution >= 0.6 is 0 Å². The average Bonchev–Trinajstić information content (AvgIpc) is 3.25. The Morgan fingerprint density at radius 2 is 0.870 bits per heavy atom. The molecule has 0 saturated carbocycles. The summed E-state index contributed by atoms with van der Waals surface area (Å²) in [6, 6.07) is 59.8. The lowest BCUT2D eigenvalue weighted by molar-refractivity contribution is 1.18. The third kappa shape index (κ3) is 5.49. The van der Waals surface area contributed by atoms with E-state index in [9.17, 15) is 0 Å². The molecule has 4 heteroatoms. The molecule has 3 aromatic heterocycles. The van der Waals surface area contributed by atoms with Gasteiger partial charge in [-0.15, -0.1) is 0 Å². The van der Waals surface area contributed by atoms with Crippen LogP contribution in [0, 0.1) is 0 Å². The van der Waals surface area contributed by atoms with Crippen LogP contribution in [0.15, 0.2) is 195 Å². The number of fused-ring (bicyclic) bond motifs is 3. The van der Waals surface area contributed by atoms with E-state index >= 15 is 0 Å². The molecule has 0 spiro atoms. The fourth-order valence-electron chi connectivity index (χ4n) is 7.82. The number of hydrogen-bond donors (Lipinski definition) is 0. The van der Waals surface area contributed by atoms with E-state index < -0.39 is 0 Å². The Hall–Kier alpha value is -7.30. The molecule has 252 valence electrons. The summed E-state index contributed by atoms with van der Waals surface area (Å²) in [4.78, 5) is 19.7. The van der Waals surface area contributed by atoms with E-state index in [1.165, 1.54) is 38.2 Å². The van der Waals surface area contributed by atoms with Gasteiger partial charge in [0.1, 0.15) is 0 Å². The first-order valence-electron chi connectivity index (χ1n) is 18.1. The first-order chi connectivity index (χ1) is 26.8. The van der Waals surface area contributed by atoms with Crippen LogP contribution < -0.4 is 0 Å². The van der Waals surface area contributed by atoms with Crippen LogP contribution in [0.2, 0.25) is 0 Å². The Bertz CT molecular complexity index is 2930. The second-order valence-corrected chi connectivity index (χ2v) is 13.4. The van der Waals surface area contributed by atoms with Gasteiger partial charge in [-0.3, -0.25) is 9.97 Å². The Labute approximate surface area is 313 Å². The van der Waals surface area contributed by atoms with Gasteiger partial charge in [-0.25, -0.2) is 9.97 Å². The average molecular weight is 689 g/mol. The zero-order valence-electron chi connectivity index (χ0n) is 29.3. The lowest BCUT2D eigenvalue weighted by atomic mass is 9.85. The van der Waals surface area contributed by atoms with Crippen LogP contribution in [0.25, 0.3) is 99.6 Å². The molecule has 0 aliphatic rings. The molecular weight excluding hydrogens is 657 g/mol. The van der Waals surface area contributed by atoms with Gasteiger partial charge in [-0.1, -0.05) is 152 Å². The van der Waals surface area contributed by atoms with Crippen LogP contribution in [0.3, 0.4) is 0 Å². The van der Waals surface area contributed by atoms with Crippen molar-refractivity contribution in [1.82, 2.24) is 19.9 Å². The summed E-state index contributed by atoms with van der Waals surface area (Å²) >= 11 is 0. The number of aromatic nitrogens is 4. The molecule has 0 bridgehead atoms. The molecule has 10 aromatic rings. The molecule has 4 nitrogen and oxygen atoms in total. The predicted molar refractivity (Wildman–Crippen MR) is 223 cm³/mol. The van der Waals surface area contributed by atoms with Crippen LogP contribution in [0.5, 0.6) is 0 Å². The highest BCUT2D eigenvalue weighted by molar-refractivity contribution is 6.21. The van der Waals surface area contributed by atoms with Crippen molar-refractivity contribution in [1.29, 1.82) is 0 Å². The largest absolute Gasteiger partial charge is 0.264 e. The van der Waals surface area contributed by atoms with Crippen molar-refractivity contribution in [3.05, 3.63) is 195 Å². The summed E-state index contributed by atoms with van der Waals surface area (Å²) in [7, 11) is 0.